The molecule has 33 heavy (non-hydrogen) atoms. The SMILES string of the molecule is O=C(Nc1cccc(-c2nncn2CC2CC2)c1)c1cc(-n2cncc2CO)c(F)cc1F. The Balaban J connectivity index is 1.42. The molecule has 10 heteroatoms. The van der Waals surface area contributed by atoms with E-state index in [0.717, 1.165) is 18.2 Å². The van der Waals surface area contributed by atoms with E-state index in [1.54, 1.807) is 24.5 Å². The summed E-state index contributed by atoms with van der Waals surface area (Å²) >= 11 is 0. The average Bonchev–Trinajstić information content (AvgIpc) is 3.29. The van der Waals surface area contributed by atoms with Crippen LogP contribution in [0.2, 0.25) is 0 Å². The molecule has 1 aliphatic carbocycles. The Morgan fingerprint density at radius 1 is 1.15 bits per heavy atom. The Hall–Kier alpha value is -3.92. The fourth-order valence-corrected chi connectivity index (χ4v) is 3.68. The van der Waals surface area contributed by atoms with Crippen molar-refractivity contribution in [1.29, 1.82) is 0 Å². The quantitative estimate of drug-likeness (QED) is 0.449. The zero-order valence-electron chi connectivity index (χ0n) is 17.4. The highest BCUT2D eigenvalue weighted by Gasteiger charge is 2.23. The largest absolute Gasteiger partial charge is 0.390 e. The summed E-state index contributed by atoms with van der Waals surface area (Å²) in [5, 5.41) is 20.3. The van der Waals surface area contributed by atoms with Crippen molar-refractivity contribution in [3.05, 3.63) is 78.1 Å². The zero-order chi connectivity index (χ0) is 22.9. The van der Waals surface area contributed by atoms with Crippen molar-refractivity contribution in [2.45, 2.75) is 26.0 Å². The summed E-state index contributed by atoms with van der Waals surface area (Å²) in [5.74, 6) is -1.30. The molecule has 1 amide bonds. The molecular weight excluding hydrogens is 430 g/mol. The molecule has 0 bridgehead atoms. The molecule has 8 nitrogen and oxygen atoms in total. The van der Waals surface area contributed by atoms with E-state index in [1.807, 2.05) is 10.6 Å². The topological polar surface area (TPSA) is 97.9 Å². The lowest BCUT2D eigenvalue weighted by Crippen LogP contribution is -2.15. The number of benzene rings is 2. The van der Waals surface area contributed by atoms with Crippen LogP contribution >= 0.6 is 0 Å². The maximum absolute atomic E-state index is 14.5. The Kier molecular flexibility index (Phi) is 5.43. The number of nitrogens with zero attached hydrogens (tertiary/aromatic N) is 5. The maximum atomic E-state index is 14.5. The number of hydrogen-bond donors (Lipinski definition) is 2. The fourth-order valence-electron chi connectivity index (χ4n) is 3.68. The van der Waals surface area contributed by atoms with E-state index in [1.165, 1.54) is 29.9 Å². The first-order valence-electron chi connectivity index (χ1n) is 10.4. The van der Waals surface area contributed by atoms with Gasteiger partial charge < -0.3 is 15.0 Å². The highest BCUT2D eigenvalue weighted by atomic mass is 19.1. The standard InChI is InChI=1S/C23H20F2N6O2/c24-19-8-20(25)21(31-12-26-9-17(31)11-32)7-18(19)23(33)28-16-3-1-2-15(6-16)22-29-27-13-30(22)10-14-4-5-14/h1-3,6-9,12-14,32H,4-5,10-11H2,(H,28,33). The van der Waals surface area contributed by atoms with Crippen LogP contribution in [0, 0.1) is 17.6 Å². The summed E-state index contributed by atoms with van der Waals surface area (Å²) in [4.78, 5) is 16.7. The number of aliphatic hydroxyl groups is 1. The Morgan fingerprint density at radius 2 is 2.00 bits per heavy atom. The number of nitrogens with one attached hydrogen (secondary N) is 1. The van der Waals surface area contributed by atoms with Gasteiger partial charge in [-0.1, -0.05) is 12.1 Å². The normalized spacial score (nSPS) is 13.3. The van der Waals surface area contributed by atoms with Crippen LogP contribution in [0.25, 0.3) is 17.1 Å². The number of amides is 1. The minimum atomic E-state index is -1.00. The summed E-state index contributed by atoms with van der Waals surface area (Å²) in [6.45, 7) is 0.447. The van der Waals surface area contributed by atoms with Crippen molar-refractivity contribution in [3.8, 4) is 17.1 Å². The number of imidazole rings is 1. The lowest BCUT2D eigenvalue weighted by molar-refractivity contribution is 0.102. The molecule has 0 spiro atoms. The minimum absolute atomic E-state index is 0.0926. The van der Waals surface area contributed by atoms with E-state index >= 15 is 0 Å². The summed E-state index contributed by atoms with van der Waals surface area (Å²) in [7, 11) is 0. The Morgan fingerprint density at radius 3 is 2.79 bits per heavy atom. The van der Waals surface area contributed by atoms with Crippen LogP contribution in [-0.2, 0) is 13.2 Å². The highest BCUT2D eigenvalue weighted by Crippen LogP contribution is 2.32. The molecule has 0 atom stereocenters. The molecule has 0 aliphatic heterocycles. The third kappa shape index (κ3) is 4.24. The van der Waals surface area contributed by atoms with Crippen molar-refractivity contribution in [3.63, 3.8) is 0 Å². The van der Waals surface area contributed by atoms with Gasteiger partial charge in [-0.05, 0) is 37.0 Å². The lowest BCUT2D eigenvalue weighted by atomic mass is 10.1. The maximum Gasteiger partial charge on any atom is 0.258 e. The molecule has 2 aromatic carbocycles. The molecule has 1 saturated carbocycles. The number of rotatable bonds is 7. The number of aliphatic hydroxyl groups excluding tert-OH is 1. The van der Waals surface area contributed by atoms with Crippen molar-refractivity contribution in [2.24, 2.45) is 5.92 Å². The van der Waals surface area contributed by atoms with Gasteiger partial charge in [-0.25, -0.2) is 13.8 Å². The van der Waals surface area contributed by atoms with Crippen molar-refractivity contribution in [2.75, 3.05) is 5.32 Å². The Bertz CT molecular complexity index is 1330. The van der Waals surface area contributed by atoms with Crippen molar-refractivity contribution >= 4 is 11.6 Å². The first-order chi connectivity index (χ1) is 16.0. The van der Waals surface area contributed by atoms with Gasteiger partial charge in [0.25, 0.3) is 5.91 Å². The van der Waals surface area contributed by atoms with Gasteiger partial charge in [-0.3, -0.25) is 9.36 Å². The summed E-state index contributed by atoms with van der Waals surface area (Å²) in [6.07, 6.45) is 6.71. The average molecular weight is 450 g/mol. The Labute approximate surface area is 187 Å². The third-order valence-corrected chi connectivity index (χ3v) is 5.56. The fraction of sp³-hybridized carbons (Fsp3) is 0.217. The second-order valence-electron chi connectivity index (χ2n) is 7.98. The lowest BCUT2D eigenvalue weighted by Gasteiger charge is -2.12. The molecular formula is C23H20F2N6O2. The van der Waals surface area contributed by atoms with Gasteiger partial charge in [-0.2, -0.15) is 0 Å². The zero-order valence-corrected chi connectivity index (χ0v) is 17.4. The predicted molar refractivity (Wildman–Crippen MR) is 116 cm³/mol. The van der Waals surface area contributed by atoms with E-state index in [2.05, 4.69) is 20.5 Å². The van der Waals surface area contributed by atoms with E-state index in [4.69, 9.17) is 0 Å². The first kappa shape index (κ1) is 21.0. The molecule has 0 saturated heterocycles. The molecule has 2 aromatic heterocycles. The van der Waals surface area contributed by atoms with Gasteiger partial charge in [0, 0.05) is 23.9 Å². The molecule has 0 radical (unpaired) electrons. The van der Waals surface area contributed by atoms with Crippen LogP contribution in [0.4, 0.5) is 14.5 Å². The number of hydrogen-bond acceptors (Lipinski definition) is 5. The number of carbonyl (C=O) groups excluding carboxylic acids is 1. The number of carbonyl (C=O) groups is 1. The predicted octanol–water partition coefficient (Wildman–Crippen LogP) is 3.56. The van der Waals surface area contributed by atoms with Gasteiger partial charge in [0.05, 0.1) is 36.1 Å². The summed E-state index contributed by atoms with van der Waals surface area (Å²) in [6, 6.07) is 8.75. The number of aromatic nitrogens is 5. The minimum Gasteiger partial charge on any atom is -0.390 e. The van der Waals surface area contributed by atoms with Crippen LogP contribution < -0.4 is 5.32 Å². The van der Waals surface area contributed by atoms with Crippen LogP contribution in [0.5, 0.6) is 0 Å². The van der Waals surface area contributed by atoms with Gasteiger partial charge in [0.1, 0.15) is 18.0 Å². The molecule has 2 N–H and O–H groups in total. The van der Waals surface area contributed by atoms with Gasteiger partial charge in [-0.15, -0.1) is 10.2 Å². The molecule has 168 valence electrons. The molecule has 1 aliphatic rings. The first-order valence-corrected chi connectivity index (χ1v) is 10.4. The van der Waals surface area contributed by atoms with Crippen LogP contribution in [0.15, 0.2) is 55.2 Å². The van der Waals surface area contributed by atoms with Crippen LogP contribution in [0.1, 0.15) is 28.9 Å². The van der Waals surface area contributed by atoms with Gasteiger partial charge in [0.15, 0.2) is 5.82 Å². The smallest absolute Gasteiger partial charge is 0.258 e. The van der Waals surface area contributed by atoms with Crippen molar-refractivity contribution < 1.29 is 18.7 Å². The molecule has 2 heterocycles. The van der Waals surface area contributed by atoms with Crippen LogP contribution in [0.3, 0.4) is 0 Å². The van der Waals surface area contributed by atoms with E-state index < -0.39 is 24.1 Å². The highest BCUT2D eigenvalue weighted by molar-refractivity contribution is 6.05. The molecule has 4 aromatic rings. The van der Waals surface area contributed by atoms with Crippen molar-refractivity contribution in [1.82, 2.24) is 24.3 Å². The second-order valence-corrected chi connectivity index (χ2v) is 7.98. The summed E-state index contributed by atoms with van der Waals surface area (Å²) in [5.41, 5.74) is 1.06. The van der Waals surface area contributed by atoms with Gasteiger partial charge >= 0.3 is 0 Å². The van der Waals surface area contributed by atoms with E-state index in [0.29, 0.717) is 29.2 Å². The molecule has 0 unspecified atom stereocenters. The van der Waals surface area contributed by atoms with Gasteiger partial charge in [0.2, 0.25) is 0 Å². The summed E-state index contributed by atoms with van der Waals surface area (Å²) < 4.78 is 32.2. The third-order valence-electron chi connectivity index (χ3n) is 5.56. The molecule has 1 fully saturated rings. The van der Waals surface area contributed by atoms with E-state index in [-0.39, 0.29) is 11.3 Å². The number of halogens is 2. The van der Waals surface area contributed by atoms with E-state index in [9.17, 15) is 18.7 Å². The second kappa shape index (κ2) is 8.55. The molecule has 5 rings (SSSR count). The van der Waals surface area contributed by atoms with Crippen LogP contribution in [-0.4, -0.2) is 35.3 Å². The number of anilines is 1. The monoisotopic (exact) mass is 450 g/mol.